The SMILES string of the molecule is CNCC(C)N(C)CC1CC2CCC1C2. The minimum Gasteiger partial charge on any atom is -0.318 e. The Labute approximate surface area is 94.4 Å². The number of nitrogens with one attached hydrogen (secondary N) is 1. The number of hydrogen-bond donors (Lipinski definition) is 1. The minimum absolute atomic E-state index is 0.675. The van der Waals surface area contributed by atoms with E-state index < -0.39 is 0 Å². The maximum absolute atomic E-state index is 3.27. The first-order valence-electron chi connectivity index (χ1n) is 6.55. The Bertz CT molecular complexity index is 205. The molecule has 1 N–H and O–H groups in total. The van der Waals surface area contributed by atoms with Gasteiger partial charge in [0.25, 0.3) is 0 Å². The van der Waals surface area contributed by atoms with Crippen LogP contribution in [0, 0.1) is 17.8 Å². The van der Waals surface area contributed by atoms with E-state index in [-0.39, 0.29) is 0 Å². The molecular formula is C13H26N2. The van der Waals surface area contributed by atoms with Gasteiger partial charge in [0.1, 0.15) is 0 Å². The molecule has 0 spiro atoms. The van der Waals surface area contributed by atoms with E-state index in [1.54, 1.807) is 6.42 Å². The lowest BCUT2D eigenvalue weighted by Crippen LogP contribution is -2.40. The van der Waals surface area contributed by atoms with Crippen LogP contribution in [0.25, 0.3) is 0 Å². The van der Waals surface area contributed by atoms with E-state index in [2.05, 4.69) is 24.2 Å². The summed E-state index contributed by atoms with van der Waals surface area (Å²) in [7, 11) is 4.33. The highest BCUT2D eigenvalue weighted by atomic mass is 15.1. The molecule has 4 atom stereocenters. The van der Waals surface area contributed by atoms with E-state index in [4.69, 9.17) is 0 Å². The second kappa shape index (κ2) is 4.84. The van der Waals surface area contributed by atoms with Crippen molar-refractivity contribution < 1.29 is 0 Å². The van der Waals surface area contributed by atoms with Crippen molar-refractivity contribution in [3.05, 3.63) is 0 Å². The van der Waals surface area contributed by atoms with E-state index in [9.17, 15) is 0 Å². The van der Waals surface area contributed by atoms with Gasteiger partial charge in [-0.05, 0) is 58.0 Å². The molecule has 88 valence electrons. The van der Waals surface area contributed by atoms with Crippen molar-refractivity contribution in [3.8, 4) is 0 Å². The van der Waals surface area contributed by atoms with Crippen LogP contribution in [0.2, 0.25) is 0 Å². The molecule has 0 aromatic rings. The first-order valence-corrected chi connectivity index (χ1v) is 6.55. The van der Waals surface area contributed by atoms with Crippen LogP contribution in [0.4, 0.5) is 0 Å². The van der Waals surface area contributed by atoms with E-state index in [1.807, 2.05) is 7.05 Å². The number of likely N-dealkylation sites (N-methyl/N-ethyl adjacent to an activating group) is 2. The first kappa shape index (κ1) is 11.4. The smallest absolute Gasteiger partial charge is 0.0189 e. The Balaban J connectivity index is 1.77. The largest absolute Gasteiger partial charge is 0.318 e. The van der Waals surface area contributed by atoms with Gasteiger partial charge in [-0.25, -0.2) is 0 Å². The molecule has 2 fully saturated rings. The quantitative estimate of drug-likeness (QED) is 0.746. The van der Waals surface area contributed by atoms with Gasteiger partial charge in [-0.15, -0.1) is 0 Å². The van der Waals surface area contributed by atoms with Crippen LogP contribution in [-0.4, -0.2) is 38.1 Å². The van der Waals surface area contributed by atoms with Gasteiger partial charge < -0.3 is 10.2 Å². The molecule has 0 aromatic heterocycles. The summed E-state index contributed by atoms with van der Waals surface area (Å²) in [5.74, 6) is 3.17. The summed E-state index contributed by atoms with van der Waals surface area (Å²) in [6.07, 6.45) is 6.10. The average Bonchev–Trinajstić information content (AvgIpc) is 2.79. The molecule has 0 saturated heterocycles. The van der Waals surface area contributed by atoms with Crippen molar-refractivity contribution in [2.75, 3.05) is 27.2 Å². The molecule has 0 aliphatic heterocycles. The fraction of sp³-hybridized carbons (Fsp3) is 1.00. The van der Waals surface area contributed by atoms with Crippen LogP contribution < -0.4 is 5.32 Å². The molecule has 0 heterocycles. The van der Waals surface area contributed by atoms with Crippen molar-refractivity contribution >= 4 is 0 Å². The lowest BCUT2D eigenvalue weighted by molar-refractivity contribution is 0.180. The third kappa shape index (κ3) is 2.54. The molecule has 0 amide bonds. The Kier molecular flexibility index (Phi) is 3.68. The molecule has 2 aliphatic rings. The molecule has 2 nitrogen and oxygen atoms in total. The topological polar surface area (TPSA) is 15.3 Å². The Hall–Kier alpha value is -0.0800. The van der Waals surface area contributed by atoms with Crippen LogP contribution >= 0.6 is 0 Å². The predicted octanol–water partition coefficient (Wildman–Crippen LogP) is 1.96. The van der Waals surface area contributed by atoms with Crippen LogP contribution in [0.5, 0.6) is 0 Å². The van der Waals surface area contributed by atoms with Crippen molar-refractivity contribution in [1.82, 2.24) is 10.2 Å². The maximum atomic E-state index is 3.27. The van der Waals surface area contributed by atoms with Crippen molar-refractivity contribution in [3.63, 3.8) is 0 Å². The number of nitrogens with zero attached hydrogens (tertiary/aromatic N) is 1. The molecule has 0 aromatic carbocycles. The van der Waals surface area contributed by atoms with Gasteiger partial charge in [-0.3, -0.25) is 0 Å². The lowest BCUT2D eigenvalue weighted by atomic mass is 9.88. The third-order valence-electron chi connectivity index (χ3n) is 4.66. The summed E-state index contributed by atoms with van der Waals surface area (Å²) in [5, 5.41) is 3.27. The van der Waals surface area contributed by atoms with Gasteiger partial charge in [-0.1, -0.05) is 6.42 Å². The molecular weight excluding hydrogens is 184 g/mol. The lowest BCUT2D eigenvalue weighted by Gasteiger charge is -2.31. The number of fused-ring (bicyclic) bond motifs is 2. The highest BCUT2D eigenvalue weighted by Gasteiger charge is 2.39. The summed E-state index contributed by atoms with van der Waals surface area (Å²) in [6, 6.07) is 0.675. The summed E-state index contributed by atoms with van der Waals surface area (Å²) < 4.78 is 0. The Morgan fingerprint density at radius 1 is 1.33 bits per heavy atom. The van der Waals surface area contributed by atoms with Gasteiger partial charge >= 0.3 is 0 Å². The Morgan fingerprint density at radius 3 is 2.67 bits per heavy atom. The van der Waals surface area contributed by atoms with E-state index in [1.165, 1.54) is 25.8 Å². The molecule has 2 bridgehead atoms. The third-order valence-corrected chi connectivity index (χ3v) is 4.66. The van der Waals surface area contributed by atoms with Gasteiger partial charge in [0.05, 0.1) is 0 Å². The van der Waals surface area contributed by atoms with E-state index >= 15 is 0 Å². The molecule has 0 radical (unpaired) electrons. The number of rotatable bonds is 5. The van der Waals surface area contributed by atoms with E-state index in [0.717, 1.165) is 24.3 Å². The van der Waals surface area contributed by atoms with Gasteiger partial charge in [0, 0.05) is 19.1 Å². The fourth-order valence-corrected chi connectivity index (χ4v) is 3.60. The molecule has 2 heteroatoms. The van der Waals surface area contributed by atoms with Crippen molar-refractivity contribution in [2.45, 2.75) is 38.6 Å². The van der Waals surface area contributed by atoms with Gasteiger partial charge in [0.2, 0.25) is 0 Å². The zero-order valence-electron chi connectivity index (χ0n) is 10.5. The zero-order valence-corrected chi connectivity index (χ0v) is 10.5. The average molecular weight is 210 g/mol. The van der Waals surface area contributed by atoms with Crippen molar-refractivity contribution in [2.24, 2.45) is 17.8 Å². The highest BCUT2D eigenvalue weighted by molar-refractivity contribution is 4.91. The number of hydrogen-bond acceptors (Lipinski definition) is 2. The molecule has 2 rings (SSSR count). The first-order chi connectivity index (χ1) is 7.20. The van der Waals surface area contributed by atoms with Crippen LogP contribution in [0.15, 0.2) is 0 Å². The second-order valence-corrected chi connectivity index (χ2v) is 5.78. The second-order valence-electron chi connectivity index (χ2n) is 5.78. The minimum atomic E-state index is 0.675. The van der Waals surface area contributed by atoms with Crippen LogP contribution in [-0.2, 0) is 0 Å². The van der Waals surface area contributed by atoms with Crippen LogP contribution in [0.1, 0.15) is 32.6 Å². The normalized spacial score (nSPS) is 36.4. The molecule has 4 unspecified atom stereocenters. The van der Waals surface area contributed by atoms with Crippen LogP contribution in [0.3, 0.4) is 0 Å². The molecule has 2 aliphatic carbocycles. The van der Waals surface area contributed by atoms with Gasteiger partial charge in [-0.2, -0.15) is 0 Å². The summed E-state index contributed by atoms with van der Waals surface area (Å²) in [6.45, 7) is 4.75. The summed E-state index contributed by atoms with van der Waals surface area (Å²) >= 11 is 0. The Morgan fingerprint density at radius 2 is 2.13 bits per heavy atom. The predicted molar refractivity (Wildman–Crippen MR) is 65.0 cm³/mol. The molecule has 2 saturated carbocycles. The fourth-order valence-electron chi connectivity index (χ4n) is 3.60. The zero-order chi connectivity index (χ0) is 10.8. The standard InChI is InChI=1S/C13H26N2/c1-10(8-14-2)15(3)9-13-7-11-4-5-12(13)6-11/h10-14H,4-9H2,1-3H3. The maximum Gasteiger partial charge on any atom is 0.0189 e. The summed E-state index contributed by atoms with van der Waals surface area (Å²) in [4.78, 5) is 2.54. The van der Waals surface area contributed by atoms with Crippen molar-refractivity contribution in [1.29, 1.82) is 0 Å². The van der Waals surface area contributed by atoms with Gasteiger partial charge in [0.15, 0.2) is 0 Å². The summed E-state index contributed by atoms with van der Waals surface area (Å²) in [5.41, 5.74) is 0. The molecule has 15 heavy (non-hydrogen) atoms. The van der Waals surface area contributed by atoms with E-state index in [0.29, 0.717) is 6.04 Å². The monoisotopic (exact) mass is 210 g/mol. The highest BCUT2D eigenvalue weighted by Crippen LogP contribution is 2.48.